The van der Waals surface area contributed by atoms with Gasteiger partial charge in [0, 0.05) is 23.3 Å². The topological polar surface area (TPSA) is 316 Å². The maximum atomic E-state index is 13.6. The number of hydrogen-bond donors (Lipinski definition) is 0. The Morgan fingerprint density at radius 1 is 0.371 bits per heavy atom. The van der Waals surface area contributed by atoms with Crippen molar-refractivity contribution in [2.45, 2.75) is 124 Å². The van der Waals surface area contributed by atoms with Gasteiger partial charge in [0.15, 0.2) is 0 Å². The zero-order valence-electron chi connectivity index (χ0n) is 49.7. The van der Waals surface area contributed by atoms with Crippen LogP contribution < -0.4 is 18.9 Å². The van der Waals surface area contributed by atoms with Crippen LogP contribution in [0.15, 0.2) is 86.0 Å². The number of ether oxygens (including phenoxy) is 12. The lowest BCUT2D eigenvalue weighted by Crippen LogP contribution is -2.30. The first-order valence-corrected chi connectivity index (χ1v) is 29.2. The Balaban J connectivity index is 0.0000169. The Bertz CT molecular complexity index is 2700. The summed E-state index contributed by atoms with van der Waals surface area (Å²) in [5.74, 6) is -12.2. The highest BCUT2D eigenvalue weighted by Crippen LogP contribution is 2.37. The molecular formula is C65H80O24. The molecule has 89 heavy (non-hydrogen) atoms. The second kappa shape index (κ2) is 37.7. The third-order valence-corrected chi connectivity index (χ3v) is 14.6. The molecule has 0 aliphatic heterocycles. The van der Waals surface area contributed by atoms with E-state index in [4.69, 9.17) is 56.8 Å². The molecule has 3 aliphatic rings. The smallest absolute Gasteiger partial charge is 0.342 e. The molecule has 0 spiro atoms. The van der Waals surface area contributed by atoms with Gasteiger partial charge in [0.2, 0.25) is 0 Å². The monoisotopic (exact) mass is 1240 g/mol. The van der Waals surface area contributed by atoms with E-state index in [0.29, 0.717) is 51.4 Å². The Labute approximate surface area is 516 Å². The average molecular weight is 1250 g/mol. The second-order valence-corrected chi connectivity index (χ2v) is 21.2. The van der Waals surface area contributed by atoms with Crippen LogP contribution >= 0.6 is 0 Å². The molecule has 0 N–H and O–H groups in total. The average Bonchev–Trinajstić information content (AvgIpc) is 1.67. The summed E-state index contributed by atoms with van der Waals surface area (Å²) >= 11 is 0. The van der Waals surface area contributed by atoms with E-state index in [1.807, 2.05) is 0 Å². The van der Waals surface area contributed by atoms with E-state index in [1.54, 1.807) is 0 Å². The van der Waals surface area contributed by atoms with Crippen LogP contribution in [0.2, 0.25) is 0 Å². The van der Waals surface area contributed by atoms with Crippen LogP contribution in [0.4, 0.5) is 0 Å². The van der Waals surface area contributed by atoms with Gasteiger partial charge >= 0.3 is 71.6 Å². The molecule has 3 aliphatic carbocycles. The number of rotatable bonds is 32. The minimum atomic E-state index is -0.995. The summed E-state index contributed by atoms with van der Waals surface area (Å²) in [4.78, 5) is 153. The van der Waals surface area contributed by atoms with Crippen molar-refractivity contribution in [2.75, 3.05) is 52.9 Å². The van der Waals surface area contributed by atoms with E-state index >= 15 is 0 Å². The predicted octanol–water partition coefficient (Wildman–Crippen LogP) is 8.72. The van der Waals surface area contributed by atoms with Crippen LogP contribution in [0.3, 0.4) is 0 Å². The van der Waals surface area contributed by atoms with Gasteiger partial charge in [-0.2, -0.15) is 0 Å². The fourth-order valence-corrected chi connectivity index (χ4v) is 9.51. The Kier molecular flexibility index (Phi) is 30.7. The summed E-state index contributed by atoms with van der Waals surface area (Å²) in [6.45, 7) is 15.8. The molecule has 0 aromatic heterocycles. The Morgan fingerprint density at radius 2 is 0.640 bits per heavy atom. The van der Waals surface area contributed by atoms with Crippen LogP contribution in [0.25, 0.3) is 0 Å². The van der Waals surface area contributed by atoms with E-state index in [1.165, 1.54) is 50.2 Å². The van der Waals surface area contributed by atoms with Gasteiger partial charge in [0.1, 0.15) is 60.6 Å². The molecule has 24 heteroatoms. The summed E-state index contributed by atoms with van der Waals surface area (Å²) < 4.78 is 64.2. The lowest BCUT2D eigenvalue weighted by Gasteiger charge is -2.26. The van der Waals surface area contributed by atoms with Crippen molar-refractivity contribution in [3.8, 4) is 23.0 Å². The fourth-order valence-electron chi connectivity index (χ4n) is 9.51. The zero-order chi connectivity index (χ0) is 64.1. The largest absolute Gasteiger partial charge is 0.465 e. The van der Waals surface area contributed by atoms with Crippen molar-refractivity contribution < 1.29 is 114 Å². The molecule has 0 amide bonds. The number of carbonyl (C=O) groups is 12. The standard InChI is InChI=1S/C64H76O24.CH4/c1-7-53(65)77-29-9-11-31-79-57(69)41-13-17-45(18-14-41)61(73)87-51-27-25-47(37-49(51)63(75)83-35-33-81-55(67)39(3)4)85-59(71)43-21-23-44(24-22-43)60(72)86-48-26-28-52(50(38-48)64(76)84-36-34-82-56(68)40(5)6)88-62(74)46-19-15-42(16-20-46)58(70)80-32-12-10-30-78-54(66)8-2;/h7-8,25-28,37-38,41-46H,1-3,5,9-24,29-36H2,4,6H3;1H4. The van der Waals surface area contributed by atoms with E-state index < -0.39 is 107 Å². The highest BCUT2D eigenvalue weighted by atomic mass is 16.6. The Morgan fingerprint density at radius 3 is 0.933 bits per heavy atom. The maximum Gasteiger partial charge on any atom is 0.342 e. The van der Waals surface area contributed by atoms with Crippen molar-refractivity contribution >= 4 is 71.6 Å². The molecule has 484 valence electrons. The van der Waals surface area contributed by atoms with Crippen LogP contribution in [0.5, 0.6) is 23.0 Å². The van der Waals surface area contributed by atoms with Gasteiger partial charge in [-0.1, -0.05) is 33.7 Å². The molecule has 3 fully saturated rings. The normalized spacial score (nSPS) is 18.4. The molecule has 24 nitrogen and oxygen atoms in total. The van der Waals surface area contributed by atoms with Crippen molar-refractivity contribution in [3.63, 3.8) is 0 Å². The van der Waals surface area contributed by atoms with Gasteiger partial charge in [-0.25, -0.2) is 28.8 Å². The molecule has 0 bridgehead atoms. The van der Waals surface area contributed by atoms with Gasteiger partial charge in [-0.15, -0.1) is 0 Å². The molecular weight excluding hydrogens is 1160 g/mol. The molecule has 3 saturated carbocycles. The van der Waals surface area contributed by atoms with Gasteiger partial charge in [0.05, 0.1) is 61.9 Å². The van der Waals surface area contributed by atoms with E-state index in [9.17, 15) is 57.5 Å². The van der Waals surface area contributed by atoms with Crippen LogP contribution in [-0.4, -0.2) is 124 Å². The molecule has 2 aromatic rings. The van der Waals surface area contributed by atoms with Crippen molar-refractivity contribution in [2.24, 2.45) is 35.5 Å². The first-order chi connectivity index (χ1) is 42.2. The minimum Gasteiger partial charge on any atom is -0.465 e. The van der Waals surface area contributed by atoms with Gasteiger partial charge < -0.3 is 56.8 Å². The molecule has 0 saturated heterocycles. The highest BCUT2D eigenvalue weighted by molar-refractivity contribution is 5.96. The van der Waals surface area contributed by atoms with E-state index in [2.05, 4.69) is 26.3 Å². The van der Waals surface area contributed by atoms with Gasteiger partial charge in [-0.3, -0.25) is 28.8 Å². The number of benzene rings is 2. The van der Waals surface area contributed by atoms with E-state index in [-0.39, 0.29) is 157 Å². The van der Waals surface area contributed by atoms with Crippen molar-refractivity contribution in [3.05, 3.63) is 97.1 Å². The predicted molar refractivity (Wildman–Crippen MR) is 313 cm³/mol. The summed E-state index contributed by atoms with van der Waals surface area (Å²) in [6.07, 6.45) is 7.33. The summed E-state index contributed by atoms with van der Waals surface area (Å²) in [5.41, 5.74) is -0.312. The minimum absolute atomic E-state index is 0. The maximum absolute atomic E-state index is 13.6. The summed E-state index contributed by atoms with van der Waals surface area (Å²) in [6, 6.07) is 7.53. The van der Waals surface area contributed by atoms with Crippen LogP contribution in [-0.2, 0) is 85.8 Å². The summed E-state index contributed by atoms with van der Waals surface area (Å²) in [7, 11) is 0. The lowest BCUT2D eigenvalue weighted by molar-refractivity contribution is -0.152. The highest BCUT2D eigenvalue weighted by Gasteiger charge is 2.36. The summed E-state index contributed by atoms with van der Waals surface area (Å²) in [5, 5.41) is 0. The SMILES string of the molecule is C.C=CC(=O)OCCCCOC(=O)C1CCC(C(=O)Oc2ccc(OC(=O)C3CCC(C(=O)Oc4ccc(OC(=O)C5CCC(C(=O)OCCCCOC(=O)C=C)CC5)c(C(=O)OCCOC(=O)C(=C)C)c4)CC3)cc2C(=O)OCCOC(=O)C(=C)C)CC1. The van der Waals surface area contributed by atoms with E-state index in [0.717, 1.165) is 12.2 Å². The first kappa shape index (κ1) is 72.5. The van der Waals surface area contributed by atoms with Crippen LogP contribution in [0.1, 0.15) is 145 Å². The second-order valence-electron chi connectivity index (χ2n) is 21.2. The molecule has 0 radical (unpaired) electrons. The fraction of sp³-hybridized carbons (Fsp3) is 0.508. The zero-order valence-corrected chi connectivity index (χ0v) is 49.7. The number of carbonyl (C=O) groups excluding carboxylic acids is 12. The number of hydrogen-bond acceptors (Lipinski definition) is 24. The number of unbranched alkanes of at least 4 members (excludes halogenated alkanes) is 2. The van der Waals surface area contributed by atoms with Crippen molar-refractivity contribution in [1.82, 2.24) is 0 Å². The quantitative estimate of drug-likeness (QED) is 0.0217. The molecule has 0 heterocycles. The molecule has 0 unspecified atom stereocenters. The lowest BCUT2D eigenvalue weighted by atomic mass is 9.82. The number of esters is 12. The molecule has 0 atom stereocenters. The molecule has 2 aromatic carbocycles. The van der Waals surface area contributed by atoms with Crippen LogP contribution in [0, 0.1) is 35.5 Å². The van der Waals surface area contributed by atoms with Gasteiger partial charge in [0.25, 0.3) is 0 Å². The Hall–Kier alpha value is -8.96. The van der Waals surface area contributed by atoms with Crippen molar-refractivity contribution in [1.29, 1.82) is 0 Å². The third-order valence-electron chi connectivity index (χ3n) is 14.6. The first-order valence-electron chi connectivity index (χ1n) is 29.2. The van der Waals surface area contributed by atoms with Gasteiger partial charge in [-0.05, 0) is 153 Å². The third kappa shape index (κ3) is 24.3. The molecule has 5 rings (SSSR count).